The zero-order valence-corrected chi connectivity index (χ0v) is 10.7. The van der Waals surface area contributed by atoms with Gasteiger partial charge in [-0.15, -0.1) is 47.0 Å². The molecule has 2 heterocycles. The van der Waals surface area contributed by atoms with Crippen LogP contribution in [0.5, 0.6) is 0 Å². The molecule has 0 amide bonds. The van der Waals surface area contributed by atoms with Crippen LogP contribution in [0.15, 0.2) is 0 Å². The molecule has 0 atom stereocenters. The van der Waals surface area contributed by atoms with Gasteiger partial charge >= 0.3 is 0 Å². The van der Waals surface area contributed by atoms with Crippen LogP contribution in [0, 0.1) is 0 Å². The third-order valence-corrected chi connectivity index (χ3v) is 10.4. The summed E-state index contributed by atoms with van der Waals surface area (Å²) in [6.07, 6.45) is 0. The van der Waals surface area contributed by atoms with Crippen LogP contribution < -0.4 is 0 Å². The summed E-state index contributed by atoms with van der Waals surface area (Å²) in [6, 6.07) is 0. The molecule has 0 aromatic carbocycles. The maximum absolute atomic E-state index is 2.43. The maximum Gasteiger partial charge on any atom is 0.0817 e. The van der Waals surface area contributed by atoms with Crippen LogP contribution in [-0.2, 0) is 0 Å². The highest BCUT2D eigenvalue weighted by molar-refractivity contribution is 8.28. The Kier molecular flexibility index (Phi) is 2.91. The van der Waals surface area contributed by atoms with Gasteiger partial charge in [-0.05, 0) is 13.8 Å². The Balaban J connectivity index is 2.14. The monoisotopic (exact) mass is 238 g/mol. The first-order valence-corrected chi connectivity index (χ1v) is 8.16. The van der Waals surface area contributed by atoms with E-state index >= 15 is 0 Å². The summed E-state index contributed by atoms with van der Waals surface area (Å²) in [7, 11) is 0. The molecule has 0 aromatic heterocycles. The summed E-state index contributed by atoms with van der Waals surface area (Å²) in [5, 5.41) is 0. The van der Waals surface area contributed by atoms with Crippen molar-refractivity contribution >= 4 is 47.0 Å². The van der Waals surface area contributed by atoms with E-state index < -0.39 is 0 Å². The Morgan fingerprint density at radius 3 is 1.17 bits per heavy atom. The van der Waals surface area contributed by atoms with Crippen molar-refractivity contribution in [3.05, 3.63) is 0 Å². The van der Waals surface area contributed by atoms with Gasteiger partial charge in [0.2, 0.25) is 0 Å². The van der Waals surface area contributed by atoms with Crippen molar-refractivity contribution in [2.75, 3.05) is 23.0 Å². The first-order valence-electron chi connectivity index (χ1n) is 4.22. The molecule has 0 N–H and O–H groups in total. The SMILES string of the molecule is CC1(C2(C)SCCS2)SCCS1. The molecule has 2 rings (SSSR count). The maximum atomic E-state index is 2.43. The average Bonchev–Trinajstić information content (AvgIpc) is 2.60. The number of thioether (sulfide) groups is 4. The summed E-state index contributed by atoms with van der Waals surface area (Å²) in [4.78, 5) is 0. The van der Waals surface area contributed by atoms with Gasteiger partial charge in [-0.2, -0.15) is 0 Å². The molecule has 0 unspecified atom stereocenters. The smallest absolute Gasteiger partial charge is 0.0817 e. The molecule has 0 aromatic rings. The van der Waals surface area contributed by atoms with Gasteiger partial charge in [-0.25, -0.2) is 0 Å². The first-order chi connectivity index (χ1) is 5.66. The molecule has 2 saturated heterocycles. The molecule has 2 aliphatic heterocycles. The molecule has 2 fully saturated rings. The second-order valence-corrected chi connectivity index (χ2v) is 9.86. The van der Waals surface area contributed by atoms with E-state index in [0.29, 0.717) is 8.16 Å². The summed E-state index contributed by atoms with van der Waals surface area (Å²) >= 11 is 8.65. The van der Waals surface area contributed by atoms with Crippen molar-refractivity contribution < 1.29 is 0 Å². The molecular weight excluding hydrogens is 224 g/mol. The first kappa shape index (κ1) is 9.94. The lowest BCUT2D eigenvalue weighted by Gasteiger charge is -2.38. The minimum atomic E-state index is 0.471. The number of rotatable bonds is 1. The van der Waals surface area contributed by atoms with E-state index in [0.717, 1.165) is 0 Å². The highest BCUT2D eigenvalue weighted by Gasteiger charge is 2.50. The Bertz CT molecular complexity index is 148. The van der Waals surface area contributed by atoms with Crippen molar-refractivity contribution in [3.8, 4) is 0 Å². The van der Waals surface area contributed by atoms with Crippen molar-refractivity contribution in [3.63, 3.8) is 0 Å². The van der Waals surface area contributed by atoms with Crippen LogP contribution >= 0.6 is 47.0 Å². The predicted octanol–water partition coefficient (Wildman–Crippen LogP) is 3.38. The van der Waals surface area contributed by atoms with Crippen LogP contribution in [0.3, 0.4) is 0 Å². The quantitative estimate of drug-likeness (QED) is 0.686. The van der Waals surface area contributed by atoms with E-state index in [4.69, 9.17) is 0 Å². The van der Waals surface area contributed by atoms with Gasteiger partial charge < -0.3 is 0 Å². The van der Waals surface area contributed by atoms with Crippen molar-refractivity contribution in [2.24, 2.45) is 0 Å². The summed E-state index contributed by atoms with van der Waals surface area (Å²) in [5.41, 5.74) is 0. The summed E-state index contributed by atoms with van der Waals surface area (Å²) in [5.74, 6) is 5.38. The molecule has 0 saturated carbocycles. The molecular formula is C8H14S4. The third-order valence-electron chi connectivity index (χ3n) is 2.50. The lowest BCUT2D eigenvalue weighted by molar-refractivity contribution is 0.825. The fraction of sp³-hybridized carbons (Fsp3) is 1.00. The van der Waals surface area contributed by atoms with Crippen LogP contribution in [0.4, 0.5) is 0 Å². The zero-order chi connectivity index (χ0) is 8.66. The minimum absolute atomic E-state index is 0.471. The molecule has 0 radical (unpaired) electrons. The van der Waals surface area contributed by atoms with E-state index in [2.05, 4.69) is 60.9 Å². The summed E-state index contributed by atoms with van der Waals surface area (Å²) in [6.45, 7) is 4.86. The van der Waals surface area contributed by atoms with E-state index in [1.807, 2.05) is 0 Å². The Morgan fingerprint density at radius 2 is 0.917 bits per heavy atom. The van der Waals surface area contributed by atoms with Crippen molar-refractivity contribution in [1.82, 2.24) is 0 Å². The minimum Gasteiger partial charge on any atom is -0.141 e. The Labute approximate surface area is 91.8 Å². The van der Waals surface area contributed by atoms with Gasteiger partial charge in [0.05, 0.1) is 8.16 Å². The molecule has 0 aliphatic carbocycles. The second-order valence-electron chi connectivity index (χ2n) is 3.29. The van der Waals surface area contributed by atoms with Crippen molar-refractivity contribution in [1.29, 1.82) is 0 Å². The normalized spacial score (nSPS) is 32.5. The topological polar surface area (TPSA) is 0 Å². The van der Waals surface area contributed by atoms with Gasteiger partial charge in [-0.3, -0.25) is 0 Å². The largest absolute Gasteiger partial charge is 0.141 e. The standard InChI is InChI=1S/C8H14S4/c1-7(9-3-4-10-7)8(2)11-5-6-12-8/h3-6H2,1-2H3. The van der Waals surface area contributed by atoms with Gasteiger partial charge in [0.15, 0.2) is 0 Å². The molecule has 0 bridgehead atoms. The van der Waals surface area contributed by atoms with E-state index in [1.165, 1.54) is 23.0 Å². The second kappa shape index (κ2) is 3.52. The van der Waals surface area contributed by atoms with E-state index in [-0.39, 0.29) is 0 Å². The van der Waals surface area contributed by atoms with Gasteiger partial charge in [0.1, 0.15) is 0 Å². The van der Waals surface area contributed by atoms with E-state index in [1.54, 1.807) is 0 Å². The highest BCUT2D eigenvalue weighted by Crippen LogP contribution is 2.62. The fourth-order valence-electron chi connectivity index (χ4n) is 1.55. The number of hydrogen-bond acceptors (Lipinski definition) is 4. The third kappa shape index (κ3) is 1.53. The van der Waals surface area contributed by atoms with Crippen LogP contribution in [-0.4, -0.2) is 31.2 Å². The summed E-state index contributed by atoms with van der Waals surface area (Å²) < 4.78 is 0.942. The number of hydrogen-bond donors (Lipinski definition) is 0. The van der Waals surface area contributed by atoms with Gasteiger partial charge in [-0.1, -0.05) is 0 Å². The molecule has 2 aliphatic rings. The Hall–Kier alpha value is 1.40. The van der Waals surface area contributed by atoms with Crippen LogP contribution in [0.1, 0.15) is 13.8 Å². The predicted molar refractivity (Wildman–Crippen MR) is 66.6 cm³/mol. The Morgan fingerprint density at radius 1 is 0.667 bits per heavy atom. The van der Waals surface area contributed by atoms with Crippen molar-refractivity contribution in [2.45, 2.75) is 22.0 Å². The average molecular weight is 238 g/mol. The van der Waals surface area contributed by atoms with E-state index in [9.17, 15) is 0 Å². The highest BCUT2D eigenvalue weighted by atomic mass is 32.2. The molecule has 12 heavy (non-hydrogen) atoms. The van der Waals surface area contributed by atoms with Gasteiger partial charge in [0, 0.05) is 23.0 Å². The fourth-order valence-corrected chi connectivity index (χ4v) is 8.57. The van der Waals surface area contributed by atoms with Crippen LogP contribution in [0.2, 0.25) is 0 Å². The lowest BCUT2D eigenvalue weighted by atomic mass is 10.3. The van der Waals surface area contributed by atoms with Gasteiger partial charge in [0.25, 0.3) is 0 Å². The lowest BCUT2D eigenvalue weighted by Crippen LogP contribution is -2.35. The molecule has 0 spiro atoms. The molecule has 4 heteroatoms. The van der Waals surface area contributed by atoms with Crippen LogP contribution in [0.25, 0.3) is 0 Å². The molecule has 0 nitrogen and oxygen atoms in total. The zero-order valence-electron chi connectivity index (χ0n) is 7.46. The molecule has 70 valence electrons.